The number of carboxylic acid groups (broad SMARTS) is 1. The van der Waals surface area contributed by atoms with E-state index in [1.807, 2.05) is 0 Å². The molecule has 19 heavy (non-hydrogen) atoms. The van der Waals surface area contributed by atoms with Crippen molar-refractivity contribution >= 4 is 26.7 Å². The zero-order chi connectivity index (χ0) is 14.2. The number of aromatic amines is 1. The first-order valence-electron chi connectivity index (χ1n) is 5.86. The van der Waals surface area contributed by atoms with Crippen molar-refractivity contribution in [1.29, 1.82) is 0 Å². The normalized spacial score (nSPS) is 12.2. The van der Waals surface area contributed by atoms with Crippen LogP contribution in [0.15, 0.2) is 24.4 Å². The van der Waals surface area contributed by atoms with E-state index in [1.54, 1.807) is 26.1 Å². The molecule has 0 saturated carbocycles. The van der Waals surface area contributed by atoms with Gasteiger partial charge in [-0.1, -0.05) is 6.07 Å². The van der Waals surface area contributed by atoms with Crippen LogP contribution in [-0.4, -0.2) is 29.7 Å². The number of benzene rings is 1. The Balaban J connectivity index is 2.45. The van der Waals surface area contributed by atoms with Crippen molar-refractivity contribution in [3.05, 3.63) is 35.5 Å². The Bertz CT molecular complexity index is 728. The molecule has 0 aliphatic rings. The third-order valence-corrected chi connectivity index (χ3v) is 5.24. The lowest BCUT2D eigenvalue weighted by Crippen LogP contribution is -2.15. The van der Waals surface area contributed by atoms with Gasteiger partial charge in [0, 0.05) is 17.1 Å². The Hall–Kier alpha value is -1.82. The van der Waals surface area contributed by atoms with Crippen LogP contribution in [0.2, 0.25) is 0 Å². The second-order valence-corrected chi connectivity index (χ2v) is 7.29. The van der Waals surface area contributed by atoms with Crippen molar-refractivity contribution < 1.29 is 18.3 Å². The zero-order valence-corrected chi connectivity index (χ0v) is 11.5. The number of aromatic carboxylic acids is 1. The van der Waals surface area contributed by atoms with E-state index in [-0.39, 0.29) is 11.3 Å². The van der Waals surface area contributed by atoms with E-state index >= 15 is 0 Å². The highest BCUT2D eigenvalue weighted by atomic mass is 32.2. The van der Waals surface area contributed by atoms with Crippen LogP contribution in [-0.2, 0) is 15.6 Å². The Morgan fingerprint density at radius 2 is 2.05 bits per heavy atom. The minimum atomic E-state index is -3.18. The number of carboxylic acids is 1. The van der Waals surface area contributed by atoms with Crippen LogP contribution in [0.1, 0.15) is 29.8 Å². The number of aromatic nitrogens is 1. The molecule has 102 valence electrons. The van der Waals surface area contributed by atoms with E-state index in [4.69, 9.17) is 5.11 Å². The number of H-pyrrole nitrogens is 1. The highest BCUT2D eigenvalue weighted by Gasteiger charge is 2.19. The van der Waals surface area contributed by atoms with Gasteiger partial charge in [0.15, 0.2) is 9.84 Å². The molecule has 6 heteroatoms. The summed E-state index contributed by atoms with van der Waals surface area (Å²) >= 11 is 0. The molecule has 1 aromatic heterocycles. The lowest BCUT2D eigenvalue weighted by atomic mass is 10.1. The summed E-state index contributed by atoms with van der Waals surface area (Å²) in [6.45, 7) is 3.29. The fourth-order valence-corrected chi connectivity index (χ4v) is 2.83. The van der Waals surface area contributed by atoms with E-state index in [9.17, 15) is 13.2 Å². The van der Waals surface area contributed by atoms with Crippen LogP contribution in [0.25, 0.3) is 10.9 Å². The van der Waals surface area contributed by atoms with Gasteiger partial charge >= 0.3 is 5.97 Å². The quantitative estimate of drug-likeness (QED) is 0.899. The van der Waals surface area contributed by atoms with Crippen LogP contribution in [0.3, 0.4) is 0 Å². The molecule has 0 bridgehead atoms. The molecule has 2 rings (SSSR count). The number of sulfone groups is 1. The number of nitrogens with one attached hydrogen (secondary N) is 1. The minimum absolute atomic E-state index is 0.0446. The number of hydrogen-bond donors (Lipinski definition) is 2. The van der Waals surface area contributed by atoms with E-state index in [0.717, 1.165) is 5.39 Å². The van der Waals surface area contributed by atoms with Crippen LogP contribution < -0.4 is 0 Å². The standard InChI is InChI=1S/C13H15NO4S/c1-8(2)19(17,18)7-10-6-14-12-5-9(13(15)16)3-4-11(10)12/h3-6,8,14H,7H2,1-2H3,(H,15,16). The van der Waals surface area contributed by atoms with Crippen LogP contribution in [0, 0.1) is 0 Å². The molecule has 0 aliphatic heterocycles. The molecule has 1 aromatic carbocycles. The molecule has 0 saturated heterocycles. The van der Waals surface area contributed by atoms with Gasteiger partial charge in [-0.15, -0.1) is 0 Å². The van der Waals surface area contributed by atoms with E-state index in [1.165, 1.54) is 12.1 Å². The number of fused-ring (bicyclic) bond motifs is 1. The smallest absolute Gasteiger partial charge is 0.335 e. The van der Waals surface area contributed by atoms with Crippen LogP contribution >= 0.6 is 0 Å². The van der Waals surface area contributed by atoms with Gasteiger partial charge in [0.2, 0.25) is 0 Å². The molecule has 0 radical (unpaired) electrons. The first-order chi connectivity index (χ1) is 8.81. The molecule has 0 atom stereocenters. The van der Waals surface area contributed by atoms with Crippen molar-refractivity contribution in [3.8, 4) is 0 Å². The summed E-state index contributed by atoms with van der Waals surface area (Å²) in [5.41, 5.74) is 1.47. The number of hydrogen-bond acceptors (Lipinski definition) is 3. The summed E-state index contributed by atoms with van der Waals surface area (Å²) in [6.07, 6.45) is 1.62. The summed E-state index contributed by atoms with van der Waals surface area (Å²) in [7, 11) is -3.18. The number of rotatable bonds is 4. The van der Waals surface area contributed by atoms with Gasteiger partial charge in [0.1, 0.15) is 0 Å². The van der Waals surface area contributed by atoms with Gasteiger partial charge in [-0.2, -0.15) is 0 Å². The van der Waals surface area contributed by atoms with E-state index < -0.39 is 21.1 Å². The average Bonchev–Trinajstić information content (AvgIpc) is 2.71. The predicted molar refractivity (Wildman–Crippen MR) is 73.0 cm³/mol. The SMILES string of the molecule is CC(C)S(=O)(=O)Cc1c[nH]c2cc(C(=O)O)ccc12. The number of carbonyl (C=O) groups is 1. The Kier molecular flexibility index (Phi) is 3.36. The van der Waals surface area contributed by atoms with Crippen molar-refractivity contribution in [2.75, 3.05) is 0 Å². The summed E-state index contributed by atoms with van der Waals surface area (Å²) in [4.78, 5) is 13.8. The first kappa shape index (κ1) is 13.6. The zero-order valence-electron chi connectivity index (χ0n) is 10.7. The maximum Gasteiger partial charge on any atom is 0.335 e. The molecule has 0 unspecified atom stereocenters. The first-order valence-corrected chi connectivity index (χ1v) is 7.57. The molecular weight excluding hydrogens is 266 g/mol. The second-order valence-electron chi connectivity index (χ2n) is 4.74. The van der Waals surface area contributed by atoms with Gasteiger partial charge in [-0.3, -0.25) is 0 Å². The fraction of sp³-hybridized carbons (Fsp3) is 0.308. The van der Waals surface area contributed by atoms with Gasteiger partial charge in [-0.05, 0) is 31.5 Å². The highest BCUT2D eigenvalue weighted by molar-refractivity contribution is 7.91. The molecule has 0 amide bonds. The summed E-state index contributed by atoms with van der Waals surface area (Å²) in [6, 6.07) is 4.62. The molecule has 2 N–H and O–H groups in total. The van der Waals surface area contributed by atoms with Crippen molar-refractivity contribution in [2.45, 2.75) is 24.9 Å². The maximum atomic E-state index is 11.9. The average molecular weight is 281 g/mol. The molecule has 0 spiro atoms. The van der Waals surface area contributed by atoms with Crippen LogP contribution in [0.4, 0.5) is 0 Å². The van der Waals surface area contributed by atoms with E-state index in [2.05, 4.69) is 4.98 Å². The van der Waals surface area contributed by atoms with Gasteiger partial charge in [0.05, 0.1) is 16.6 Å². The van der Waals surface area contributed by atoms with Crippen molar-refractivity contribution in [2.24, 2.45) is 0 Å². The molecule has 0 aliphatic carbocycles. The maximum absolute atomic E-state index is 11.9. The molecule has 5 nitrogen and oxygen atoms in total. The summed E-state index contributed by atoms with van der Waals surface area (Å²) < 4.78 is 23.8. The van der Waals surface area contributed by atoms with Crippen LogP contribution in [0.5, 0.6) is 0 Å². The topological polar surface area (TPSA) is 87.2 Å². The van der Waals surface area contributed by atoms with Crippen molar-refractivity contribution in [3.63, 3.8) is 0 Å². The molecule has 0 fully saturated rings. The largest absolute Gasteiger partial charge is 0.478 e. The highest BCUT2D eigenvalue weighted by Crippen LogP contribution is 2.22. The lowest BCUT2D eigenvalue weighted by molar-refractivity contribution is 0.0697. The van der Waals surface area contributed by atoms with Gasteiger partial charge < -0.3 is 10.1 Å². The van der Waals surface area contributed by atoms with Crippen molar-refractivity contribution in [1.82, 2.24) is 4.98 Å². The monoisotopic (exact) mass is 281 g/mol. The van der Waals surface area contributed by atoms with E-state index in [0.29, 0.717) is 11.1 Å². The summed E-state index contributed by atoms with van der Waals surface area (Å²) in [5, 5.41) is 9.21. The minimum Gasteiger partial charge on any atom is -0.478 e. The second kappa shape index (κ2) is 4.70. The third kappa shape index (κ3) is 2.63. The fourth-order valence-electron chi connectivity index (χ4n) is 1.82. The Labute approximate surface area is 111 Å². The van der Waals surface area contributed by atoms with Gasteiger partial charge in [-0.25, -0.2) is 13.2 Å². The summed E-state index contributed by atoms with van der Waals surface area (Å²) in [5.74, 6) is -1.05. The molecular formula is C13H15NO4S. The Morgan fingerprint density at radius 1 is 1.37 bits per heavy atom. The van der Waals surface area contributed by atoms with Gasteiger partial charge in [0.25, 0.3) is 0 Å². The predicted octanol–water partition coefficient (Wildman–Crippen LogP) is 2.19. The lowest BCUT2D eigenvalue weighted by Gasteiger charge is -2.06. The molecule has 1 heterocycles. The molecule has 2 aromatic rings. The Morgan fingerprint density at radius 3 is 2.63 bits per heavy atom. The third-order valence-electron chi connectivity index (χ3n) is 3.09.